The van der Waals surface area contributed by atoms with E-state index in [0.717, 1.165) is 6.42 Å². The Morgan fingerprint density at radius 2 is 2.33 bits per heavy atom. The van der Waals surface area contributed by atoms with Crippen LogP contribution >= 0.6 is 0 Å². The molecule has 18 heavy (non-hydrogen) atoms. The summed E-state index contributed by atoms with van der Waals surface area (Å²) < 4.78 is 0. The summed E-state index contributed by atoms with van der Waals surface area (Å²) in [6.07, 6.45) is 8.17. The summed E-state index contributed by atoms with van der Waals surface area (Å²) in [5.74, 6) is -0.0715. The molecule has 0 saturated carbocycles. The van der Waals surface area contributed by atoms with Gasteiger partial charge in [0, 0.05) is 13.1 Å². The predicted molar refractivity (Wildman–Crippen MR) is 69.0 cm³/mol. The summed E-state index contributed by atoms with van der Waals surface area (Å²) in [5.41, 5.74) is 1.46. The van der Waals surface area contributed by atoms with Crippen molar-refractivity contribution in [2.45, 2.75) is 38.1 Å². The Morgan fingerprint density at radius 3 is 3.00 bits per heavy atom. The van der Waals surface area contributed by atoms with Gasteiger partial charge in [0.1, 0.15) is 6.04 Å². The second-order valence-corrected chi connectivity index (χ2v) is 4.89. The van der Waals surface area contributed by atoms with Gasteiger partial charge >= 0.3 is 0 Å². The molecule has 2 rings (SSSR count). The maximum Gasteiger partial charge on any atom is 0.238 e. The maximum atomic E-state index is 11.8. The van der Waals surface area contributed by atoms with Crippen molar-refractivity contribution in [2.24, 2.45) is 0 Å². The molecular formula is C13H21N3O2. The molecule has 2 aliphatic rings. The molecule has 1 saturated heterocycles. The third-order valence-electron chi connectivity index (χ3n) is 3.46. The molecule has 3 N–H and O–H groups in total. The minimum absolute atomic E-state index is 0.0218. The molecule has 1 aliphatic carbocycles. The van der Waals surface area contributed by atoms with Crippen molar-refractivity contribution in [3.05, 3.63) is 11.6 Å². The molecule has 0 radical (unpaired) electrons. The van der Waals surface area contributed by atoms with Crippen LogP contribution < -0.4 is 16.0 Å². The largest absolute Gasteiger partial charge is 0.354 e. The smallest absolute Gasteiger partial charge is 0.238 e. The molecule has 2 amide bonds. The number of rotatable bonds is 4. The van der Waals surface area contributed by atoms with E-state index >= 15 is 0 Å². The number of hydrogen-bond acceptors (Lipinski definition) is 3. The Labute approximate surface area is 107 Å². The monoisotopic (exact) mass is 251 g/mol. The van der Waals surface area contributed by atoms with Gasteiger partial charge in [-0.15, -0.1) is 0 Å². The molecule has 0 aromatic carbocycles. The van der Waals surface area contributed by atoms with Crippen molar-refractivity contribution >= 4 is 11.8 Å². The summed E-state index contributed by atoms with van der Waals surface area (Å²) in [6, 6.07) is -0.289. The van der Waals surface area contributed by atoms with E-state index in [1.165, 1.54) is 31.3 Å². The fraction of sp³-hybridized carbons (Fsp3) is 0.692. The standard InChI is InChI=1S/C13H21N3O2/c17-12-9-15-11(8-16-12)13(18)14-7-6-10-4-2-1-3-5-10/h4,11,15H,1-3,5-9H2,(H,14,18)(H,16,17). The Kier molecular flexibility index (Phi) is 4.75. The van der Waals surface area contributed by atoms with Crippen LogP contribution in [0.1, 0.15) is 32.1 Å². The number of carbonyl (C=O) groups is 2. The molecule has 1 unspecified atom stereocenters. The Morgan fingerprint density at radius 1 is 1.44 bits per heavy atom. The lowest BCUT2D eigenvalue weighted by molar-refractivity contribution is -0.126. The molecule has 0 aromatic rings. The van der Waals surface area contributed by atoms with Gasteiger partial charge < -0.3 is 10.6 Å². The van der Waals surface area contributed by atoms with E-state index in [1.54, 1.807) is 0 Å². The van der Waals surface area contributed by atoms with Gasteiger partial charge in [-0.25, -0.2) is 0 Å². The van der Waals surface area contributed by atoms with Crippen molar-refractivity contribution in [3.63, 3.8) is 0 Å². The second-order valence-electron chi connectivity index (χ2n) is 4.89. The van der Waals surface area contributed by atoms with E-state index in [-0.39, 0.29) is 24.4 Å². The van der Waals surface area contributed by atoms with Crippen LogP contribution in [0.4, 0.5) is 0 Å². The lowest BCUT2D eigenvalue weighted by atomic mass is 9.97. The summed E-state index contributed by atoms with van der Waals surface area (Å²) >= 11 is 0. The van der Waals surface area contributed by atoms with Crippen molar-refractivity contribution in [2.75, 3.05) is 19.6 Å². The first-order chi connectivity index (χ1) is 8.75. The topological polar surface area (TPSA) is 70.2 Å². The molecule has 5 heteroatoms. The lowest BCUT2D eigenvalue weighted by Gasteiger charge is -2.23. The van der Waals surface area contributed by atoms with Crippen molar-refractivity contribution in [3.8, 4) is 0 Å². The van der Waals surface area contributed by atoms with E-state index in [4.69, 9.17) is 0 Å². The summed E-state index contributed by atoms with van der Waals surface area (Å²) in [7, 11) is 0. The highest BCUT2D eigenvalue weighted by atomic mass is 16.2. The van der Waals surface area contributed by atoms with Gasteiger partial charge in [0.15, 0.2) is 0 Å². The zero-order valence-electron chi connectivity index (χ0n) is 10.6. The maximum absolute atomic E-state index is 11.8. The molecule has 100 valence electrons. The summed E-state index contributed by atoms with van der Waals surface area (Å²) in [6.45, 7) is 1.30. The average molecular weight is 251 g/mol. The molecule has 5 nitrogen and oxygen atoms in total. The van der Waals surface area contributed by atoms with Crippen LogP contribution in [-0.2, 0) is 9.59 Å². The van der Waals surface area contributed by atoms with Crippen LogP contribution in [0.25, 0.3) is 0 Å². The molecule has 1 heterocycles. The third kappa shape index (κ3) is 3.84. The number of carbonyl (C=O) groups excluding carboxylic acids is 2. The molecule has 0 aromatic heterocycles. The van der Waals surface area contributed by atoms with Gasteiger partial charge in [-0.1, -0.05) is 11.6 Å². The van der Waals surface area contributed by atoms with Gasteiger partial charge in [0.25, 0.3) is 0 Å². The number of allylic oxidation sites excluding steroid dienone is 1. The highest BCUT2D eigenvalue weighted by Gasteiger charge is 2.23. The number of amides is 2. The van der Waals surface area contributed by atoms with E-state index < -0.39 is 0 Å². The van der Waals surface area contributed by atoms with E-state index in [2.05, 4.69) is 22.0 Å². The molecular weight excluding hydrogens is 230 g/mol. The fourth-order valence-corrected chi connectivity index (χ4v) is 2.35. The molecule has 0 bridgehead atoms. The fourth-order valence-electron chi connectivity index (χ4n) is 2.35. The minimum atomic E-state index is -0.289. The van der Waals surface area contributed by atoms with Crippen molar-refractivity contribution in [1.29, 1.82) is 0 Å². The summed E-state index contributed by atoms with van der Waals surface area (Å²) in [5, 5.41) is 8.52. The van der Waals surface area contributed by atoms with Gasteiger partial charge in [-0.2, -0.15) is 0 Å². The van der Waals surface area contributed by atoms with Crippen molar-refractivity contribution < 1.29 is 9.59 Å². The normalized spacial score (nSPS) is 24.1. The zero-order chi connectivity index (χ0) is 12.8. The van der Waals surface area contributed by atoms with Gasteiger partial charge in [-0.3, -0.25) is 14.9 Å². The van der Waals surface area contributed by atoms with Crippen LogP contribution in [-0.4, -0.2) is 37.5 Å². The van der Waals surface area contributed by atoms with Crippen LogP contribution in [0.3, 0.4) is 0 Å². The van der Waals surface area contributed by atoms with Crippen LogP contribution in [0, 0.1) is 0 Å². The van der Waals surface area contributed by atoms with E-state index in [9.17, 15) is 9.59 Å². The quantitative estimate of drug-likeness (QED) is 0.620. The lowest BCUT2D eigenvalue weighted by Crippen LogP contribution is -2.58. The van der Waals surface area contributed by atoms with Crippen molar-refractivity contribution in [1.82, 2.24) is 16.0 Å². The first-order valence-corrected chi connectivity index (χ1v) is 6.71. The molecule has 1 aliphatic heterocycles. The first-order valence-electron chi connectivity index (χ1n) is 6.71. The summed E-state index contributed by atoms with van der Waals surface area (Å²) in [4.78, 5) is 22.7. The Hall–Kier alpha value is -1.36. The Balaban J connectivity index is 1.65. The number of nitrogens with one attached hydrogen (secondary N) is 3. The number of hydrogen-bond donors (Lipinski definition) is 3. The SMILES string of the molecule is O=C1CNC(C(=O)NCCC2=CCCCC2)CN1. The van der Waals surface area contributed by atoms with Gasteiger partial charge in [0.2, 0.25) is 11.8 Å². The molecule has 1 atom stereocenters. The first kappa shape index (κ1) is 13.1. The van der Waals surface area contributed by atoms with Gasteiger partial charge in [-0.05, 0) is 32.1 Å². The predicted octanol–water partition coefficient (Wildman–Crippen LogP) is 0.0811. The minimum Gasteiger partial charge on any atom is -0.354 e. The second kappa shape index (κ2) is 6.54. The molecule has 1 fully saturated rings. The third-order valence-corrected chi connectivity index (χ3v) is 3.46. The van der Waals surface area contributed by atoms with E-state index in [1.807, 2.05) is 0 Å². The Bertz CT molecular complexity index is 342. The van der Waals surface area contributed by atoms with Crippen LogP contribution in [0.15, 0.2) is 11.6 Å². The van der Waals surface area contributed by atoms with E-state index in [0.29, 0.717) is 13.1 Å². The number of piperazine rings is 1. The van der Waals surface area contributed by atoms with Crippen LogP contribution in [0.5, 0.6) is 0 Å². The average Bonchev–Trinajstić information content (AvgIpc) is 2.40. The highest BCUT2D eigenvalue weighted by molar-refractivity contribution is 5.86. The molecule has 0 spiro atoms. The van der Waals surface area contributed by atoms with Crippen LogP contribution in [0.2, 0.25) is 0 Å². The highest BCUT2D eigenvalue weighted by Crippen LogP contribution is 2.19. The van der Waals surface area contributed by atoms with Gasteiger partial charge in [0.05, 0.1) is 6.54 Å². The zero-order valence-corrected chi connectivity index (χ0v) is 10.6.